The lowest BCUT2D eigenvalue weighted by Gasteiger charge is -2.17. The number of hydrogen-bond donors (Lipinski definition) is 4. The molecular weight excluding hydrogens is 512 g/mol. The first-order valence-electron chi connectivity index (χ1n) is 12.3. The van der Waals surface area contributed by atoms with E-state index in [9.17, 15) is 8.42 Å². The fraction of sp³-hybridized carbons (Fsp3) is 0.385. The van der Waals surface area contributed by atoms with E-state index in [2.05, 4.69) is 37.0 Å². The highest BCUT2D eigenvalue weighted by Crippen LogP contribution is 2.32. The van der Waals surface area contributed by atoms with Crippen LogP contribution in [0.1, 0.15) is 48.4 Å². The van der Waals surface area contributed by atoms with Crippen LogP contribution in [-0.4, -0.2) is 31.0 Å². The van der Waals surface area contributed by atoms with Gasteiger partial charge in [0.1, 0.15) is 10.8 Å². The molecule has 0 unspecified atom stereocenters. The molecule has 1 aliphatic rings. The minimum absolute atomic E-state index is 0.0303. The van der Waals surface area contributed by atoms with E-state index < -0.39 is 10.2 Å². The zero-order chi connectivity index (χ0) is 26.7. The largest absolute Gasteiger partial charge is 0.493 e. The maximum absolute atomic E-state index is 12.3. The molecule has 0 amide bonds. The van der Waals surface area contributed by atoms with Crippen LogP contribution in [0.25, 0.3) is 0 Å². The number of anilines is 5. The molecule has 11 heteroatoms. The van der Waals surface area contributed by atoms with Gasteiger partial charge in [0.05, 0.1) is 18.5 Å². The fourth-order valence-electron chi connectivity index (χ4n) is 3.89. The summed E-state index contributed by atoms with van der Waals surface area (Å²) in [6, 6.07) is 7.54. The van der Waals surface area contributed by atoms with Crippen molar-refractivity contribution >= 4 is 50.6 Å². The molecule has 0 atom stereocenters. The van der Waals surface area contributed by atoms with E-state index in [4.69, 9.17) is 16.3 Å². The molecule has 0 bridgehead atoms. The minimum Gasteiger partial charge on any atom is -0.493 e. The van der Waals surface area contributed by atoms with Crippen LogP contribution in [0.3, 0.4) is 0 Å². The van der Waals surface area contributed by atoms with Crippen LogP contribution in [0, 0.1) is 27.7 Å². The summed E-state index contributed by atoms with van der Waals surface area (Å²) in [6.45, 7) is 10.5. The van der Waals surface area contributed by atoms with E-state index in [0.29, 0.717) is 29.1 Å². The molecule has 1 fully saturated rings. The Morgan fingerprint density at radius 2 is 1.68 bits per heavy atom. The number of aryl methyl sites for hydroxylation is 2. The molecule has 4 rings (SSSR count). The highest BCUT2D eigenvalue weighted by molar-refractivity contribution is 7.90. The molecule has 37 heavy (non-hydrogen) atoms. The van der Waals surface area contributed by atoms with Crippen LogP contribution in [0.2, 0.25) is 5.02 Å². The first-order valence-corrected chi connectivity index (χ1v) is 14.1. The number of nitrogens with zero attached hydrogens (tertiary/aromatic N) is 2. The van der Waals surface area contributed by atoms with Gasteiger partial charge in [-0.05, 0) is 93.5 Å². The van der Waals surface area contributed by atoms with Crippen molar-refractivity contribution < 1.29 is 13.2 Å². The van der Waals surface area contributed by atoms with Gasteiger partial charge in [-0.15, -0.1) is 0 Å². The molecular formula is C26H33ClN6O3S. The zero-order valence-corrected chi connectivity index (χ0v) is 23.3. The molecule has 2 aromatic carbocycles. The van der Waals surface area contributed by atoms with E-state index in [-0.39, 0.29) is 6.04 Å². The predicted molar refractivity (Wildman–Crippen MR) is 150 cm³/mol. The summed E-state index contributed by atoms with van der Waals surface area (Å²) in [6.07, 6.45) is 4.22. The van der Waals surface area contributed by atoms with E-state index in [0.717, 1.165) is 58.6 Å². The Bertz CT molecular complexity index is 1390. The topological polar surface area (TPSA) is 117 Å². The Labute approximate surface area is 223 Å². The highest BCUT2D eigenvalue weighted by Gasteiger charge is 2.27. The van der Waals surface area contributed by atoms with E-state index >= 15 is 0 Å². The number of aromatic nitrogens is 2. The Morgan fingerprint density at radius 1 is 1.03 bits per heavy atom. The van der Waals surface area contributed by atoms with Crippen molar-refractivity contribution in [1.29, 1.82) is 0 Å². The normalized spacial score (nSPS) is 13.4. The second-order valence-corrected chi connectivity index (χ2v) is 11.2. The zero-order valence-electron chi connectivity index (χ0n) is 21.7. The van der Waals surface area contributed by atoms with Crippen molar-refractivity contribution in [2.75, 3.05) is 22.0 Å². The van der Waals surface area contributed by atoms with Gasteiger partial charge in [-0.1, -0.05) is 18.5 Å². The summed E-state index contributed by atoms with van der Waals surface area (Å²) in [5, 5.41) is 6.86. The van der Waals surface area contributed by atoms with Crippen molar-refractivity contribution in [1.82, 2.24) is 14.7 Å². The van der Waals surface area contributed by atoms with E-state index in [1.165, 1.54) is 6.20 Å². The molecule has 0 spiro atoms. The van der Waals surface area contributed by atoms with Crippen LogP contribution >= 0.6 is 11.6 Å². The second kappa shape index (κ2) is 11.1. The van der Waals surface area contributed by atoms with Crippen molar-refractivity contribution in [3.05, 3.63) is 57.7 Å². The molecule has 0 aliphatic heterocycles. The maximum atomic E-state index is 12.3. The second-order valence-electron chi connectivity index (χ2n) is 9.34. The molecule has 9 nitrogen and oxygen atoms in total. The van der Waals surface area contributed by atoms with Crippen LogP contribution in [0.4, 0.5) is 28.8 Å². The van der Waals surface area contributed by atoms with Gasteiger partial charge < -0.3 is 15.4 Å². The van der Waals surface area contributed by atoms with Crippen LogP contribution in [0.15, 0.2) is 30.5 Å². The summed E-state index contributed by atoms with van der Waals surface area (Å²) in [7, 11) is -3.62. The van der Waals surface area contributed by atoms with Gasteiger partial charge in [0.2, 0.25) is 5.95 Å². The van der Waals surface area contributed by atoms with E-state index in [1.807, 2.05) is 39.8 Å². The Morgan fingerprint density at radius 3 is 2.32 bits per heavy atom. The summed E-state index contributed by atoms with van der Waals surface area (Å²) in [4.78, 5) is 8.89. The summed E-state index contributed by atoms with van der Waals surface area (Å²) >= 11 is 6.40. The number of hydrogen-bond acceptors (Lipinski definition) is 7. The van der Waals surface area contributed by atoms with Crippen LogP contribution in [-0.2, 0) is 10.2 Å². The standard InChI is InChI=1S/C26H33ClN6O3S/c1-6-11-36-24-15(2)12-20(13-16(24)3)29-26-28-14-21(27)25(31-26)30-22-9-10-23(18(5)17(22)4)33-37(34,35)32-19-7-8-19/h9-10,12-14,19,32-33H,6-8,11H2,1-5H3,(H2,28,29,30,31). The average molecular weight is 545 g/mol. The van der Waals surface area contributed by atoms with Gasteiger partial charge in [-0.25, -0.2) is 4.98 Å². The number of ether oxygens (including phenoxy) is 1. The van der Waals surface area contributed by atoms with Gasteiger partial charge in [0, 0.05) is 17.4 Å². The van der Waals surface area contributed by atoms with E-state index in [1.54, 1.807) is 12.1 Å². The van der Waals surface area contributed by atoms with Gasteiger partial charge in [-0.3, -0.25) is 4.72 Å². The average Bonchev–Trinajstić information content (AvgIpc) is 3.63. The first kappa shape index (κ1) is 27.0. The number of nitrogens with one attached hydrogen (secondary N) is 4. The quantitative estimate of drug-likeness (QED) is 0.232. The van der Waals surface area contributed by atoms with Gasteiger partial charge in [0.15, 0.2) is 5.82 Å². The van der Waals surface area contributed by atoms with Crippen molar-refractivity contribution in [2.45, 2.75) is 59.9 Å². The predicted octanol–water partition coefficient (Wildman–Crippen LogP) is 6.05. The highest BCUT2D eigenvalue weighted by atomic mass is 35.5. The molecule has 0 saturated heterocycles. The smallest absolute Gasteiger partial charge is 0.299 e. The SMILES string of the molecule is CCCOc1c(C)cc(Nc2ncc(Cl)c(Nc3ccc(NS(=O)(=O)NC4CC4)c(C)c3C)n2)cc1C. The van der Waals surface area contributed by atoms with Crippen molar-refractivity contribution in [3.63, 3.8) is 0 Å². The molecule has 1 heterocycles. The third-order valence-electron chi connectivity index (χ3n) is 6.09. The Hall–Kier alpha value is -3.08. The maximum Gasteiger partial charge on any atom is 0.299 e. The molecule has 1 aromatic heterocycles. The lowest BCUT2D eigenvalue weighted by atomic mass is 10.1. The van der Waals surface area contributed by atoms with Gasteiger partial charge in [0.25, 0.3) is 10.2 Å². The summed E-state index contributed by atoms with van der Waals surface area (Å²) in [5.41, 5.74) is 5.83. The fourth-order valence-corrected chi connectivity index (χ4v) is 5.27. The first-order chi connectivity index (χ1) is 17.6. The Kier molecular flexibility index (Phi) is 8.11. The Balaban J connectivity index is 1.52. The van der Waals surface area contributed by atoms with Gasteiger partial charge in [-0.2, -0.15) is 18.1 Å². The minimum atomic E-state index is -3.62. The molecule has 3 aromatic rings. The summed E-state index contributed by atoms with van der Waals surface area (Å²) < 4.78 is 35.8. The summed E-state index contributed by atoms with van der Waals surface area (Å²) in [5.74, 6) is 1.71. The third-order valence-corrected chi connectivity index (χ3v) is 7.50. The monoisotopic (exact) mass is 544 g/mol. The third kappa shape index (κ3) is 6.82. The number of rotatable bonds is 11. The molecule has 1 aliphatic carbocycles. The number of halogens is 1. The molecule has 1 saturated carbocycles. The van der Waals surface area contributed by atoms with Crippen molar-refractivity contribution in [2.24, 2.45) is 0 Å². The van der Waals surface area contributed by atoms with Crippen LogP contribution < -0.4 is 24.8 Å². The van der Waals surface area contributed by atoms with Crippen molar-refractivity contribution in [3.8, 4) is 5.75 Å². The molecule has 198 valence electrons. The van der Waals surface area contributed by atoms with Gasteiger partial charge >= 0.3 is 0 Å². The lowest BCUT2D eigenvalue weighted by Crippen LogP contribution is -2.32. The molecule has 0 radical (unpaired) electrons. The number of benzene rings is 2. The lowest BCUT2D eigenvalue weighted by molar-refractivity contribution is 0.313. The van der Waals surface area contributed by atoms with Crippen LogP contribution in [0.5, 0.6) is 5.75 Å². The molecule has 4 N–H and O–H groups in total.